The lowest BCUT2D eigenvalue weighted by Crippen LogP contribution is -2.47. The number of benzene rings is 1. The number of carbonyl (C=O) groups excluding carboxylic acids is 1. The molecule has 2 fully saturated rings. The van der Waals surface area contributed by atoms with E-state index in [0.29, 0.717) is 18.6 Å². The van der Waals surface area contributed by atoms with Gasteiger partial charge in [0.1, 0.15) is 5.82 Å². The number of urea groups is 1. The first-order chi connectivity index (χ1) is 15.0. The summed E-state index contributed by atoms with van der Waals surface area (Å²) in [4.78, 5) is 24.4. The Morgan fingerprint density at radius 1 is 1.19 bits per heavy atom. The van der Waals surface area contributed by atoms with E-state index in [-0.39, 0.29) is 10.8 Å². The summed E-state index contributed by atoms with van der Waals surface area (Å²) in [6.45, 7) is 8.54. The van der Waals surface area contributed by atoms with Crippen LogP contribution in [-0.2, 0) is 15.2 Å². The van der Waals surface area contributed by atoms with Crippen molar-refractivity contribution in [2.24, 2.45) is 0 Å². The first-order valence-corrected chi connectivity index (χ1v) is 12.0. The molecule has 31 heavy (non-hydrogen) atoms. The van der Waals surface area contributed by atoms with Crippen molar-refractivity contribution in [1.82, 2.24) is 15.3 Å². The highest BCUT2D eigenvalue weighted by molar-refractivity contribution is 7.99. The van der Waals surface area contributed by atoms with Gasteiger partial charge in [-0.1, -0.05) is 0 Å². The molecule has 1 aromatic heterocycles. The number of aromatic nitrogens is 2. The molecule has 0 aliphatic carbocycles. The third-order valence-corrected chi connectivity index (χ3v) is 7.70. The lowest BCUT2D eigenvalue weighted by Gasteiger charge is -2.37. The summed E-state index contributed by atoms with van der Waals surface area (Å²) < 4.78 is 5.78. The third-order valence-electron chi connectivity index (χ3n) is 6.36. The van der Waals surface area contributed by atoms with Crippen LogP contribution in [0.3, 0.4) is 0 Å². The van der Waals surface area contributed by atoms with Crippen molar-refractivity contribution in [2.75, 3.05) is 30.0 Å². The summed E-state index contributed by atoms with van der Waals surface area (Å²) in [5, 5.41) is 5.59. The van der Waals surface area contributed by atoms with Gasteiger partial charge in [0.25, 0.3) is 0 Å². The zero-order valence-electron chi connectivity index (χ0n) is 18.3. The number of nitrogens with one attached hydrogen (secondary N) is 2. The Balaban J connectivity index is 1.52. The summed E-state index contributed by atoms with van der Waals surface area (Å²) in [7, 11) is 0. The average Bonchev–Trinajstić information content (AvgIpc) is 3.19. The lowest BCUT2D eigenvalue weighted by atomic mass is 10.0. The van der Waals surface area contributed by atoms with Gasteiger partial charge in [-0.3, -0.25) is 0 Å². The van der Waals surface area contributed by atoms with Crippen LogP contribution in [0.2, 0.25) is 0 Å². The predicted molar refractivity (Wildman–Crippen MR) is 125 cm³/mol. The number of ether oxygens (including phenoxy) is 1. The highest BCUT2D eigenvalue weighted by atomic mass is 32.2. The molecule has 7 nitrogen and oxygen atoms in total. The predicted octanol–water partition coefficient (Wildman–Crippen LogP) is 4.13. The van der Waals surface area contributed by atoms with Crippen LogP contribution in [0.15, 0.2) is 24.3 Å². The number of fused-ring (bicyclic) bond motifs is 3. The van der Waals surface area contributed by atoms with Crippen molar-refractivity contribution in [3.63, 3.8) is 0 Å². The second kappa shape index (κ2) is 7.98. The smallest absolute Gasteiger partial charge is 0.319 e. The van der Waals surface area contributed by atoms with Gasteiger partial charge < -0.3 is 20.3 Å². The maximum Gasteiger partial charge on any atom is 0.319 e. The van der Waals surface area contributed by atoms with E-state index in [1.54, 1.807) is 0 Å². The van der Waals surface area contributed by atoms with Crippen molar-refractivity contribution in [2.45, 2.75) is 56.2 Å². The minimum atomic E-state index is -0.201. The van der Waals surface area contributed by atoms with Crippen LogP contribution in [0.25, 0.3) is 11.4 Å². The van der Waals surface area contributed by atoms with E-state index >= 15 is 0 Å². The number of hydrogen-bond acceptors (Lipinski definition) is 6. The molecule has 2 N–H and O–H groups in total. The van der Waals surface area contributed by atoms with Gasteiger partial charge in [0.15, 0.2) is 5.82 Å². The Morgan fingerprint density at radius 3 is 2.58 bits per heavy atom. The first-order valence-electron chi connectivity index (χ1n) is 11.0. The van der Waals surface area contributed by atoms with Crippen LogP contribution in [0.5, 0.6) is 0 Å². The molecule has 2 atom stereocenters. The second-order valence-electron chi connectivity index (χ2n) is 8.89. The molecule has 2 amide bonds. The van der Waals surface area contributed by atoms with Crippen LogP contribution < -0.4 is 15.5 Å². The highest BCUT2D eigenvalue weighted by Crippen LogP contribution is 2.50. The summed E-state index contributed by atoms with van der Waals surface area (Å²) in [5.41, 5.74) is 4.14. The Labute approximate surface area is 187 Å². The fourth-order valence-electron chi connectivity index (χ4n) is 4.78. The first kappa shape index (κ1) is 20.6. The molecule has 2 aromatic rings. The summed E-state index contributed by atoms with van der Waals surface area (Å²) in [6.07, 6.45) is 2.32. The van der Waals surface area contributed by atoms with Gasteiger partial charge >= 0.3 is 6.03 Å². The Morgan fingerprint density at radius 2 is 1.90 bits per heavy atom. The number of anilines is 2. The van der Waals surface area contributed by atoms with E-state index in [4.69, 9.17) is 14.7 Å². The van der Waals surface area contributed by atoms with Crippen molar-refractivity contribution in [3.05, 3.63) is 35.5 Å². The van der Waals surface area contributed by atoms with E-state index in [1.807, 2.05) is 43.0 Å². The molecule has 3 aliphatic rings. The fourth-order valence-corrected chi connectivity index (χ4v) is 5.86. The van der Waals surface area contributed by atoms with Gasteiger partial charge in [-0.15, -0.1) is 11.8 Å². The van der Waals surface area contributed by atoms with Gasteiger partial charge in [-0.05, 0) is 57.9 Å². The molecule has 2 bridgehead atoms. The lowest BCUT2D eigenvalue weighted by molar-refractivity contribution is 0.0901. The molecule has 0 radical (unpaired) electrons. The van der Waals surface area contributed by atoms with Crippen molar-refractivity contribution in [1.29, 1.82) is 0 Å². The van der Waals surface area contributed by atoms with Gasteiger partial charge in [-0.25, -0.2) is 14.8 Å². The number of carbonyl (C=O) groups is 1. The van der Waals surface area contributed by atoms with Gasteiger partial charge in [0, 0.05) is 29.1 Å². The van der Waals surface area contributed by atoms with E-state index in [9.17, 15) is 4.79 Å². The molecule has 4 heterocycles. The van der Waals surface area contributed by atoms with Crippen LogP contribution in [0, 0.1) is 0 Å². The van der Waals surface area contributed by atoms with E-state index in [2.05, 4.69) is 29.4 Å². The van der Waals surface area contributed by atoms with Crippen LogP contribution in [-0.4, -0.2) is 47.8 Å². The Kier molecular flexibility index (Phi) is 5.30. The largest absolute Gasteiger partial charge is 0.377 e. The van der Waals surface area contributed by atoms with Crippen LogP contribution in [0.1, 0.15) is 44.9 Å². The summed E-state index contributed by atoms with van der Waals surface area (Å²) in [6, 6.07) is 8.38. The minimum absolute atomic E-state index is 0.0349. The normalized spacial score (nSPS) is 23.5. The number of hydrogen-bond donors (Lipinski definition) is 2. The minimum Gasteiger partial charge on any atom is -0.377 e. The van der Waals surface area contributed by atoms with Crippen molar-refractivity contribution < 1.29 is 9.53 Å². The monoisotopic (exact) mass is 439 g/mol. The number of nitrogens with zero attached hydrogens (tertiary/aromatic N) is 3. The third kappa shape index (κ3) is 3.76. The molecule has 2 unspecified atom stereocenters. The molecule has 0 spiro atoms. The molecule has 1 aromatic carbocycles. The zero-order valence-corrected chi connectivity index (χ0v) is 19.1. The van der Waals surface area contributed by atoms with Crippen LogP contribution >= 0.6 is 11.8 Å². The SMILES string of the molecule is CCNC(=O)Nc1ccc(-c2nc(N3C4CCC3COC4)c3c(n2)C(C)(C)SC3)cc1. The zero-order chi connectivity index (χ0) is 21.6. The van der Waals surface area contributed by atoms with Gasteiger partial charge in [0.05, 0.1) is 35.7 Å². The second-order valence-corrected chi connectivity index (χ2v) is 10.5. The molecule has 2 saturated heterocycles. The maximum absolute atomic E-state index is 11.8. The van der Waals surface area contributed by atoms with Crippen molar-refractivity contribution in [3.8, 4) is 11.4 Å². The van der Waals surface area contributed by atoms with E-state index in [1.165, 1.54) is 5.56 Å². The van der Waals surface area contributed by atoms with Gasteiger partial charge in [0.2, 0.25) is 0 Å². The van der Waals surface area contributed by atoms with E-state index < -0.39 is 0 Å². The van der Waals surface area contributed by atoms with E-state index in [0.717, 1.165) is 60.4 Å². The van der Waals surface area contributed by atoms with Crippen molar-refractivity contribution >= 4 is 29.3 Å². The Hall–Kier alpha value is -2.32. The van der Waals surface area contributed by atoms with Crippen LogP contribution in [0.4, 0.5) is 16.3 Å². The molecule has 164 valence electrons. The molecule has 8 heteroatoms. The highest BCUT2D eigenvalue weighted by Gasteiger charge is 2.43. The van der Waals surface area contributed by atoms with Gasteiger partial charge in [-0.2, -0.15) is 0 Å². The average molecular weight is 440 g/mol. The Bertz CT molecular complexity index is 978. The summed E-state index contributed by atoms with van der Waals surface area (Å²) in [5.74, 6) is 2.79. The molecule has 3 aliphatic heterocycles. The fraction of sp³-hybridized carbons (Fsp3) is 0.522. The maximum atomic E-state index is 11.8. The quantitative estimate of drug-likeness (QED) is 0.746. The topological polar surface area (TPSA) is 79.4 Å². The number of morpholine rings is 1. The molecule has 5 rings (SSSR count). The standard InChI is InChI=1S/C23H29N5O2S/c1-4-24-22(29)25-15-7-5-14(6-8-15)20-26-19-18(13-31-23(19,2)3)21(27-20)28-16-9-10-17(28)12-30-11-16/h5-8,16-17H,4,9-13H2,1-3H3,(H2,24,25,29). The number of amides is 2. The number of thioether (sulfide) groups is 1. The molecular formula is C23H29N5O2S. The molecule has 0 saturated carbocycles. The summed E-state index contributed by atoms with van der Waals surface area (Å²) >= 11 is 1.93. The molecular weight excluding hydrogens is 410 g/mol. The number of rotatable bonds is 4.